The van der Waals surface area contributed by atoms with Gasteiger partial charge in [0.05, 0.1) is 54.0 Å². The lowest BCUT2D eigenvalue weighted by Gasteiger charge is -2.37. The van der Waals surface area contributed by atoms with E-state index in [2.05, 4.69) is 40.8 Å². The molecule has 0 atom stereocenters. The number of rotatable bonds is 9. The van der Waals surface area contributed by atoms with E-state index in [4.69, 9.17) is 42.4 Å². The highest BCUT2D eigenvalue weighted by molar-refractivity contribution is 6.41. The largest absolute Gasteiger partial charge is 0.496 e. The van der Waals surface area contributed by atoms with Crippen molar-refractivity contribution in [2.75, 3.05) is 58.7 Å². The van der Waals surface area contributed by atoms with Crippen LogP contribution in [0.5, 0.6) is 17.2 Å². The summed E-state index contributed by atoms with van der Waals surface area (Å²) >= 11 is 13.6. The van der Waals surface area contributed by atoms with Crippen molar-refractivity contribution < 1.29 is 19.0 Å². The highest BCUT2D eigenvalue weighted by Crippen LogP contribution is 2.48. The van der Waals surface area contributed by atoms with Crippen molar-refractivity contribution >= 4 is 57.0 Å². The fourth-order valence-electron chi connectivity index (χ4n) is 6.25. The third kappa shape index (κ3) is 5.93. The molecule has 1 aliphatic heterocycles. The minimum Gasteiger partial charge on any atom is -0.496 e. The summed E-state index contributed by atoms with van der Waals surface area (Å²) in [6.07, 6.45) is 8.67. The number of nitrogens with zero attached hydrogens (tertiary/aromatic N) is 5. The van der Waals surface area contributed by atoms with E-state index in [0.717, 1.165) is 48.1 Å². The molecule has 3 aromatic heterocycles. The van der Waals surface area contributed by atoms with Crippen LogP contribution in [0.25, 0.3) is 38.9 Å². The Morgan fingerprint density at radius 2 is 1.64 bits per heavy atom. The summed E-state index contributed by atoms with van der Waals surface area (Å²) in [7, 11) is 8.95. The van der Waals surface area contributed by atoms with Gasteiger partial charge in [0, 0.05) is 71.9 Å². The van der Waals surface area contributed by atoms with E-state index in [9.17, 15) is 4.79 Å². The number of fused-ring (bicyclic) bond motifs is 3. The van der Waals surface area contributed by atoms with E-state index in [-0.39, 0.29) is 5.91 Å². The number of nitrogens with one attached hydrogen (secondary N) is 1. The molecule has 1 N–H and O–H groups in total. The molecule has 10 nitrogen and oxygen atoms in total. The number of halogens is 2. The summed E-state index contributed by atoms with van der Waals surface area (Å²) in [5, 5.41) is 4.53. The van der Waals surface area contributed by atoms with E-state index < -0.39 is 0 Å². The summed E-state index contributed by atoms with van der Waals surface area (Å²) in [4.78, 5) is 26.7. The molecule has 0 aliphatic carbocycles. The van der Waals surface area contributed by atoms with Gasteiger partial charge < -0.3 is 29.3 Å². The molecule has 1 aliphatic rings. The monoisotopic (exact) mass is 674 g/mol. The van der Waals surface area contributed by atoms with Crippen LogP contribution < -0.4 is 24.4 Å². The van der Waals surface area contributed by atoms with Crippen LogP contribution in [0.1, 0.15) is 12.8 Å². The highest BCUT2D eigenvalue weighted by Gasteiger charge is 2.26. The molecule has 6 rings (SSSR count). The molecule has 0 radical (unpaired) electrons. The van der Waals surface area contributed by atoms with Crippen molar-refractivity contribution in [2.45, 2.75) is 18.9 Å². The third-order valence-corrected chi connectivity index (χ3v) is 9.52. The number of ether oxygens (including phenoxy) is 3. The average Bonchev–Trinajstić information content (AvgIpc) is 3.59. The molecule has 244 valence electrons. The second-order valence-corrected chi connectivity index (χ2v) is 12.3. The molecule has 0 unspecified atom stereocenters. The van der Waals surface area contributed by atoms with Gasteiger partial charge in [-0.1, -0.05) is 29.8 Å². The number of benzene rings is 2. The number of aromatic nitrogens is 3. The number of methoxy groups -OCH3 is 3. The van der Waals surface area contributed by atoms with Crippen molar-refractivity contribution in [2.24, 2.45) is 0 Å². The Bertz CT molecular complexity index is 1970. The van der Waals surface area contributed by atoms with Gasteiger partial charge in [-0.05, 0) is 51.2 Å². The molecule has 0 bridgehead atoms. The molecule has 0 saturated carbocycles. The maximum absolute atomic E-state index is 12.6. The average molecular weight is 676 g/mol. The van der Waals surface area contributed by atoms with Gasteiger partial charge in [0.25, 0.3) is 0 Å². The molecular weight excluding hydrogens is 639 g/mol. The first-order valence-electron chi connectivity index (χ1n) is 15.1. The number of anilines is 2. The van der Waals surface area contributed by atoms with E-state index in [1.165, 1.54) is 20.3 Å². The number of hydrogen-bond acceptors (Lipinski definition) is 8. The maximum Gasteiger partial charge on any atom is 0.247 e. The lowest BCUT2D eigenvalue weighted by molar-refractivity contribution is -0.111. The zero-order valence-electron chi connectivity index (χ0n) is 26.9. The summed E-state index contributed by atoms with van der Waals surface area (Å²) < 4.78 is 18.9. The van der Waals surface area contributed by atoms with E-state index in [0.29, 0.717) is 61.5 Å². The predicted molar refractivity (Wildman–Crippen MR) is 189 cm³/mol. The maximum atomic E-state index is 12.6. The number of amides is 1. The third-order valence-electron chi connectivity index (χ3n) is 8.77. The molecule has 47 heavy (non-hydrogen) atoms. The van der Waals surface area contributed by atoms with E-state index in [1.807, 2.05) is 34.9 Å². The number of imidazole rings is 1. The van der Waals surface area contributed by atoms with Crippen LogP contribution in [0.3, 0.4) is 0 Å². The Labute approximate surface area is 283 Å². The van der Waals surface area contributed by atoms with Crippen molar-refractivity contribution in [1.82, 2.24) is 19.3 Å². The van der Waals surface area contributed by atoms with Crippen LogP contribution >= 0.6 is 23.2 Å². The lowest BCUT2D eigenvalue weighted by Crippen LogP contribution is -2.42. The normalized spacial score (nSPS) is 13.7. The fraction of sp³-hybridized carbons (Fsp3) is 0.286. The molecule has 12 heteroatoms. The first-order chi connectivity index (χ1) is 22.7. The second kappa shape index (κ2) is 13.3. The van der Waals surface area contributed by atoms with Crippen LogP contribution in [0.15, 0.2) is 61.6 Å². The summed E-state index contributed by atoms with van der Waals surface area (Å²) in [6, 6.07) is 9.99. The number of piperidine rings is 1. The topological polar surface area (TPSA) is 93.5 Å². The van der Waals surface area contributed by atoms with Crippen molar-refractivity contribution in [3.8, 4) is 39.6 Å². The molecule has 5 aromatic rings. The number of pyridine rings is 2. The van der Waals surface area contributed by atoms with Gasteiger partial charge in [-0.2, -0.15) is 0 Å². The van der Waals surface area contributed by atoms with Crippen LogP contribution in [0, 0.1) is 0 Å². The Balaban J connectivity index is 1.49. The van der Waals surface area contributed by atoms with Crippen LogP contribution in [-0.2, 0) is 4.79 Å². The molecule has 1 amide bonds. The molecule has 2 aromatic carbocycles. The Morgan fingerprint density at radius 1 is 0.957 bits per heavy atom. The van der Waals surface area contributed by atoms with Gasteiger partial charge in [-0.3, -0.25) is 14.2 Å². The predicted octanol–water partition coefficient (Wildman–Crippen LogP) is 7.20. The molecule has 4 heterocycles. The van der Waals surface area contributed by atoms with Gasteiger partial charge in [0.15, 0.2) is 0 Å². The SMILES string of the molecule is C=CC(=O)Nc1cc(-c2cc3c(cn2)cc(-c2c(Cl)c(OC)cc(OC)c2Cl)c2nccn23)c(OC)cc1N1CCC(N(C)C)CC1. The Morgan fingerprint density at radius 3 is 2.26 bits per heavy atom. The summed E-state index contributed by atoms with van der Waals surface area (Å²) in [5.41, 5.74) is 5.65. The van der Waals surface area contributed by atoms with Crippen LogP contribution in [0.4, 0.5) is 11.4 Å². The minimum absolute atomic E-state index is 0.295. The standard InChI is InChI=1S/C35H36Cl2N6O4/c1-7-31(44)40-25-15-22(28(45-4)17-27(25)42-11-8-21(9-12-42)41(2)3)24-16-26-20(19-39-24)14-23(35-38-10-13-43(26)35)32-33(36)29(46-5)18-30(47-6)34(32)37/h7,10,13-19,21H,1,8-9,11-12H2,2-6H3,(H,40,44). The number of hydrogen-bond donors (Lipinski definition) is 1. The van der Waals surface area contributed by atoms with Crippen LogP contribution in [-0.4, -0.2) is 79.7 Å². The first kappa shape index (κ1) is 32.4. The molecular formula is C35H36Cl2N6O4. The zero-order chi connectivity index (χ0) is 33.4. The van der Waals surface area contributed by atoms with Gasteiger partial charge in [-0.25, -0.2) is 4.98 Å². The van der Waals surface area contributed by atoms with E-state index >= 15 is 0 Å². The van der Waals surface area contributed by atoms with Crippen molar-refractivity contribution in [3.05, 3.63) is 71.6 Å². The highest BCUT2D eigenvalue weighted by atomic mass is 35.5. The minimum atomic E-state index is -0.295. The quantitative estimate of drug-likeness (QED) is 0.164. The van der Waals surface area contributed by atoms with Crippen molar-refractivity contribution in [1.29, 1.82) is 0 Å². The number of carbonyl (C=O) groups is 1. The number of carbonyl (C=O) groups excluding carboxylic acids is 1. The Kier molecular flexibility index (Phi) is 9.18. The zero-order valence-corrected chi connectivity index (χ0v) is 28.4. The lowest BCUT2D eigenvalue weighted by atomic mass is 10.0. The molecule has 1 saturated heterocycles. The van der Waals surface area contributed by atoms with Gasteiger partial charge in [-0.15, -0.1) is 0 Å². The van der Waals surface area contributed by atoms with Gasteiger partial charge in [0.2, 0.25) is 5.91 Å². The van der Waals surface area contributed by atoms with Crippen molar-refractivity contribution in [3.63, 3.8) is 0 Å². The fourth-order valence-corrected chi connectivity index (χ4v) is 6.96. The summed E-state index contributed by atoms with van der Waals surface area (Å²) in [5.74, 6) is 1.20. The second-order valence-electron chi connectivity index (χ2n) is 11.5. The van der Waals surface area contributed by atoms with Gasteiger partial charge in [0.1, 0.15) is 22.9 Å². The molecule has 1 fully saturated rings. The smallest absolute Gasteiger partial charge is 0.247 e. The van der Waals surface area contributed by atoms with E-state index in [1.54, 1.807) is 25.6 Å². The Hall–Kier alpha value is -4.51. The summed E-state index contributed by atoms with van der Waals surface area (Å²) in [6.45, 7) is 5.36. The van der Waals surface area contributed by atoms with Crippen LogP contribution in [0.2, 0.25) is 10.0 Å². The van der Waals surface area contributed by atoms with Gasteiger partial charge >= 0.3 is 0 Å². The first-order valence-corrected chi connectivity index (χ1v) is 15.9. The molecule has 0 spiro atoms.